The monoisotopic (exact) mass is 238 g/mol. The quantitative estimate of drug-likeness (QED) is 0.836. The Balaban J connectivity index is 2.17. The maximum atomic E-state index is 9.75. The number of hydrogen-bond acceptors (Lipinski definition) is 4. The largest absolute Gasteiger partial charge is 0.465 e. The van der Waals surface area contributed by atoms with Crippen LogP contribution in [-0.4, -0.2) is 35.2 Å². The van der Waals surface area contributed by atoms with Crippen LogP contribution in [0, 0.1) is 6.92 Å². The number of nitrogens with two attached hydrogens (primary N) is 1. The van der Waals surface area contributed by atoms with Gasteiger partial charge in [-0.15, -0.1) is 0 Å². The van der Waals surface area contributed by atoms with Crippen LogP contribution in [0.5, 0.6) is 0 Å². The van der Waals surface area contributed by atoms with Gasteiger partial charge >= 0.3 is 0 Å². The van der Waals surface area contributed by atoms with E-state index in [1.807, 2.05) is 26.0 Å². The van der Waals surface area contributed by atoms with Gasteiger partial charge in [0, 0.05) is 12.6 Å². The molecular weight excluding hydrogens is 216 g/mol. The Morgan fingerprint density at radius 1 is 1.53 bits per heavy atom. The fourth-order valence-electron chi connectivity index (χ4n) is 2.62. The smallest absolute Gasteiger partial charge is 0.122 e. The summed E-state index contributed by atoms with van der Waals surface area (Å²) in [7, 11) is 0. The first kappa shape index (κ1) is 12.6. The molecule has 0 radical (unpaired) electrons. The van der Waals surface area contributed by atoms with E-state index in [9.17, 15) is 5.11 Å². The van der Waals surface area contributed by atoms with Crippen molar-refractivity contribution in [1.82, 2.24) is 4.90 Å². The average Bonchev–Trinajstić information content (AvgIpc) is 2.64. The number of aliphatic hydroxyl groups is 1. The van der Waals surface area contributed by atoms with E-state index in [-0.39, 0.29) is 18.2 Å². The molecular formula is C13H22N2O2. The van der Waals surface area contributed by atoms with Crippen LogP contribution in [0.4, 0.5) is 0 Å². The zero-order valence-corrected chi connectivity index (χ0v) is 10.6. The summed E-state index contributed by atoms with van der Waals surface area (Å²) in [6.07, 6.45) is 1.67. The Morgan fingerprint density at radius 3 is 2.82 bits per heavy atom. The molecule has 17 heavy (non-hydrogen) atoms. The highest BCUT2D eigenvalue weighted by atomic mass is 16.3. The van der Waals surface area contributed by atoms with Crippen molar-refractivity contribution in [2.24, 2.45) is 5.73 Å². The molecule has 1 aromatic rings. The lowest BCUT2D eigenvalue weighted by Gasteiger charge is -2.37. The van der Waals surface area contributed by atoms with Crippen molar-refractivity contribution in [1.29, 1.82) is 0 Å². The van der Waals surface area contributed by atoms with E-state index in [1.165, 1.54) is 0 Å². The van der Waals surface area contributed by atoms with Gasteiger partial charge in [0.2, 0.25) is 0 Å². The number of aryl methyl sites for hydroxylation is 1. The summed E-state index contributed by atoms with van der Waals surface area (Å²) in [6, 6.07) is 4.01. The first-order valence-corrected chi connectivity index (χ1v) is 6.32. The SMILES string of the molecule is Cc1ccc(C(C(C)N)N2CCCC(O)C2)o1. The van der Waals surface area contributed by atoms with Crippen molar-refractivity contribution in [2.75, 3.05) is 13.1 Å². The van der Waals surface area contributed by atoms with Crippen molar-refractivity contribution in [3.05, 3.63) is 23.7 Å². The number of furan rings is 1. The van der Waals surface area contributed by atoms with Crippen LogP contribution in [0.3, 0.4) is 0 Å². The van der Waals surface area contributed by atoms with E-state index in [0.29, 0.717) is 6.54 Å². The Bertz CT molecular complexity index is 362. The van der Waals surface area contributed by atoms with Gasteiger partial charge in [-0.05, 0) is 45.4 Å². The van der Waals surface area contributed by atoms with Gasteiger partial charge in [0.05, 0.1) is 12.1 Å². The van der Waals surface area contributed by atoms with Gasteiger partial charge in [-0.25, -0.2) is 0 Å². The molecule has 96 valence electrons. The van der Waals surface area contributed by atoms with Gasteiger partial charge in [0.1, 0.15) is 11.5 Å². The predicted octanol–water partition coefficient (Wildman–Crippen LogP) is 1.43. The number of hydrogen-bond donors (Lipinski definition) is 2. The Labute approximate surface area is 102 Å². The van der Waals surface area contributed by atoms with E-state index in [4.69, 9.17) is 10.2 Å². The molecule has 2 heterocycles. The minimum atomic E-state index is -0.235. The maximum absolute atomic E-state index is 9.75. The molecule has 3 unspecified atom stereocenters. The molecule has 0 spiro atoms. The molecule has 1 fully saturated rings. The van der Waals surface area contributed by atoms with Crippen LogP contribution in [0.25, 0.3) is 0 Å². The summed E-state index contributed by atoms with van der Waals surface area (Å²) in [6.45, 7) is 5.59. The third-order valence-electron chi connectivity index (χ3n) is 3.37. The van der Waals surface area contributed by atoms with E-state index in [2.05, 4.69) is 4.90 Å². The molecule has 1 aromatic heterocycles. The van der Waals surface area contributed by atoms with Crippen LogP contribution >= 0.6 is 0 Å². The number of nitrogens with zero attached hydrogens (tertiary/aromatic N) is 1. The van der Waals surface area contributed by atoms with Gasteiger partial charge < -0.3 is 15.3 Å². The molecule has 4 nitrogen and oxygen atoms in total. The number of piperidine rings is 1. The zero-order valence-electron chi connectivity index (χ0n) is 10.6. The normalized spacial score (nSPS) is 25.8. The van der Waals surface area contributed by atoms with Crippen LogP contribution in [0.2, 0.25) is 0 Å². The number of aliphatic hydroxyl groups excluding tert-OH is 1. The van der Waals surface area contributed by atoms with E-state index in [0.717, 1.165) is 30.9 Å². The maximum Gasteiger partial charge on any atom is 0.122 e. The highest BCUT2D eigenvalue weighted by Gasteiger charge is 2.30. The number of rotatable bonds is 3. The lowest BCUT2D eigenvalue weighted by Crippen LogP contribution is -2.46. The van der Waals surface area contributed by atoms with E-state index >= 15 is 0 Å². The predicted molar refractivity (Wildman–Crippen MR) is 66.6 cm³/mol. The molecule has 3 atom stereocenters. The fraction of sp³-hybridized carbons (Fsp3) is 0.692. The number of likely N-dealkylation sites (tertiary alicyclic amines) is 1. The van der Waals surface area contributed by atoms with Gasteiger partial charge in [0.15, 0.2) is 0 Å². The van der Waals surface area contributed by atoms with Crippen molar-refractivity contribution in [2.45, 2.75) is 44.9 Å². The molecule has 0 aromatic carbocycles. The second kappa shape index (κ2) is 5.21. The van der Waals surface area contributed by atoms with E-state index < -0.39 is 0 Å². The van der Waals surface area contributed by atoms with Crippen molar-refractivity contribution in [3.63, 3.8) is 0 Å². The highest BCUT2D eigenvalue weighted by molar-refractivity contribution is 5.12. The first-order chi connectivity index (χ1) is 8.08. The average molecular weight is 238 g/mol. The molecule has 0 aliphatic carbocycles. The Hall–Kier alpha value is -0.840. The molecule has 2 rings (SSSR count). The zero-order chi connectivity index (χ0) is 12.4. The second-order valence-corrected chi connectivity index (χ2v) is 5.04. The lowest BCUT2D eigenvalue weighted by atomic mass is 10.0. The first-order valence-electron chi connectivity index (χ1n) is 6.32. The molecule has 1 aliphatic rings. The molecule has 4 heteroatoms. The summed E-state index contributed by atoms with van der Waals surface area (Å²) in [5.74, 6) is 1.81. The Kier molecular flexibility index (Phi) is 3.86. The van der Waals surface area contributed by atoms with Crippen LogP contribution < -0.4 is 5.73 Å². The van der Waals surface area contributed by atoms with Crippen molar-refractivity contribution < 1.29 is 9.52 Å². The van der Waals surface area contributed by atoms with Crippen LogP contribution in [-0.2, 0) is 0 Å². The standard InChI is InChI=1S/C13H22N2O2/c1-9-5-6-12(17-9)13(10(2)14)15-7-3-4-11(16)8-15/h5-6,10-11,13,16H,3-4,7-8,14H2,1-2H3. The number of β-amino-alcohol motifs (C(OH)–C–C–N with tert-alkyl or cyclic N) is 1. The molecule has 0 bridgehead atoms. The highest BCUT2D eigenvalue weighted by Crippen LogP contribution is 2.28. The minimum Gasteiger partial charge on any atom is -0.465 e. The summed E-state index contributed by atoms with van der Waals surface area (Å²) >= 11 is 0. The third kappa shape index (κ3) is 2.89. The van der Waals surface area contributed by atoms with Crippen molar-refractivity contribution in [3.8, 4) is 0 Å². The van der Waals surface area contributed by atoms with Gasteiger partial charge in [-0.1, -0.05) is 0 Å². The molecule has 0 amide bonds. The van der Waals surface area contributed by atoms with Crippen LogP contribution in [0.1, 0.15) is 37.3 Å². The summed E-state index contributed by atoms with van der Waals surface area (Å²) < 4.78 is 5.69. The second-order valence-electron chi connectivity index (χ2n) is 5.04. The minimum absolute atomic E-state index is 0.00847. The molecule has 1 aliphatic heterocycles. The molecule has 3 N–H and O–H groups in total. The molecule has 0 saturated carbocycles. The summed E-state index contributed by atoms with van der Waals surface area (Å²) in [5, 5.41) is 9.75. The molecule has 1 saturated heterocycles. The fourth-order valence-corrected chi connectivity index (χ4v) is 2.62. The lowest BCUT2D eigenvalue weighted by molar-refractivity contribution is 0.0342. The Morgan fingerprint density at radius 2 is 2.29 bits per heavy atom. The van der Waals surface area contributed by atoms with Gasteiger partial charge in [0.25, 0.3) is 0 Å². The van der Waals surface area contributed by atoms with Crippen LogP contribution in [0.15, 0.2) is 16.5 Å². The topological polar surface area (TPSA) is 62.6 Å². The van der Waals surface area contributed by atoms with Crippen molar-refractivity contribution >= 4 is 0 Å². The van der Waals surface area contributed by atoms with Gasteiger partial charge in [-0.3, -0.25) is 4.90 Å². The van der Waals surface area contributed by atoms with E-state index in [1.54, 1.807) is 0 Å². The van der Waals surface area contributed by atoms with Gasteiger partial charge in [-0.2, -0.15) is 0 Å². The summed E-state index contributed by atoms with van der Waals surface area (Å²) in [4.78, 5) is 2.23. The summed E-state index contributed by atoms with van der Waals surface area (Å²) in [5.41, 5.74) is 6.07. The third-order valence-corrected chi connectivity index (χ3v) is 3.37.